The molecule has 1 aromatic rings. The van der Waals surface area contributed by atoms with Crippen molar-refractivity contribution in [1.29, 1.82) is 0 Å². The number of hydrogen-bond acceptors (Lipinski definition) is 3. The first-order chi connectivity index (χ1) is 8.22. The fourth-order valence-corrected chi connectivity index (χ4v) is 2.59. The van der Waals surface area contributed by atoms with Crippen LogP contribution in [0.3, 0.4) is 0 Å². The lowest BCUT2D eigenvalue weighted by molar-refractivity contribution is 0.219. The molecule has 0 bridgehead atoms. The monoisotopic (exact) mass is 316 g/mol. The number of nitrogens with one attached hydrogen (secondary N) is 1. The first kappa shape index (κ1) is 12.9. The predicted molar refractivity (Wildman–Crippen MR) is 72.5 cm³/mol. The van der Waals surface area contributed by atoms with E-state index in [0.29, 0.717) is 5.02 Å². The second-order valence-electron chi connectivity index (χ2n) is 3.93. The van der Waals surface area contributed by atoms with Crippen molar-refractivity contribution in [1.82, 2.24) is 5.43 Å². The average Bonchev–Trinajstić information content (AvgIpc) is 2.36. The van der Waals surface area contributed by atoms with E-state index in [0.717, 1.165) is 35.1 Å². The van der Waals surface area contributed by atoms with E-state index in [1.807, 2.05) is 18.2 Å². The van der Waals surface area contributed by atoms with Crippen LogP contribution in [0.4, 0.5) is 0 Å². The molecule has 0 saturated carbocycles. The summed E-state index contributed by atoms with van der Waals surface area (Å²) in [6.07, 6.45) is 3.79. The minimum Gasteiger partial charge on any atom is -0.501 e. The Labute approximate surface area is 114 Å². The zero-order valence-electron chi connectivity index (χ0n) is 9.25. The van der Waals surface area contributed by atoms with Crippen molar-refractivity contribution in [3.05, 3.63) is 45.1 Å². The molecule has 17 heavy (non-hydrogen) atoms. The standard InChI is InChI=1S/C12H14BrClN2O/c13-11-4-3-9(14)6-10(11)12(16-15)8-2-1-5-17-7-8/h3-4,6-7,12,16H,1-2,5,15H2. The Kier molecular flexibility index (Phi) is 4.45. The van der Waals surface area contributed by atoms with Gasteiger partial charge in [-0.1, -0.05) is 27.5 Å². The van der Waals surface area contributed by atoms with Crippen LogP contribution >= 0.6 is 27.5 Å². The van der Waals surface area contributed by atoms with Gasteiger partial charge in [-0.25, -0.2) is 5.43 Å². The minimum atomic E-state index is -0.0663. The normalized spacial score (nSPS) is 17.2. The Morgan fingerprint density at radius 2 is 2.29 bits per heavy atom. The molecule has 0 amide bonds. The van der Waals surface area contributed by atoms with Gasteiger partial charge in [0.05, 0.1) is 18.9 Å². The molecule has 1 unspecified atom stereocenters. The van der Waals surface area contributed by atoms with Gasteiger partial charge in [0.1, 0.15) is 0 Å². The van der Waals surface area contributed by atoms with Crippen LogP contribution in [0.2, 0.25) is 5.02 Å². The summed E-state index contributed by atoms with van der Waals surface area (Å²) in [5.41, 5.74) is 4.98. The zero-order chi connectivity index (χ0) is 12.3. The molecule has 1 aliphatic heterocycles. The number of hydrogen-bond donors (Lipinski definition) is 2. The van der Waals surface area contributed by atoms with Gasteiger partial charge in [-0.2, -0.15) is 0 Å². The molecule has 3 N–H and O–H groups in total. The minimum absolute atomic E-state index is 0.0663. The number of rotatable bonds is 3. The fourth-order valence-electron chi connectivity index (χ4n) is 1.93. The van der Waals surface area contributed by atoms with E-state index in [1.165, 1.54) is 0 Å². The SMILES string of the molecule is NNC(C1=COCCC1)c1cc(Cl)ccc1Br. The summed E-state index contributed by atoms with van der Waals surface area (Å²) in [4.78, 5) is 0. The highest BCUT2D eigenvalue weighted by atomic mass is 79.9. The number of nitrogens with two attached hydrogens (primary N) is 1. The molecule has 0 aromatic heterocycles. The Morgan fingerprint density at radius 1 is 1.47 bits per heavy atom. The second kappa shape index (κ2) is 5.87. The third kappa shape index (κ3) is 3.01. The summed E-state index contributed by atoms with van der Waals surface area (Å²) in [5, 5.41) is 0.695. The van der Waals surface area contributed by atoms with Gasteiger partial charge in [0.15, 0.2) is 0 Å². The maximum atomic E-state index is 6.02. The average molecular weight is 318 g/mol. The first-order valence-corrected chi connectivity index (χ1v) is 6.61. The maximum Gasteiger partial charge on any atom is 0.0876 e. The number of halogens is 2. The number of hydrazine groups is 1. The van der Waals surface area contributed by atoms with E-state index < -0.39 is 0 Å². The van der Waals surface area contributed by atoms with Crippen molar-refractivity contribution in [2.24, 2.45) is 5.84 Å². The van der Waals surface area contributed by atoms with E-state index in [-0.39, 0.29) is 6.04 Å². The Bertz CT molecular complexity index is 437. The smallest absolute Gasteiger partial charge is 0.0876 e. The molecule has 1 aliphatic rings. The van der Waals surface area contributed by atoms with E-state index in [4.69, 9.17) is 22.2 Å². The molecular formula is C12H14BrClN2O. The highest BCUT2D eigenvalue weighted by Gasteiger charge is 2.20. The van der Waals surface area contributed by atoms with Crippen molar-refractivity contribution in [2.45, 2.75) is 18.9 Å². The van der Waals surface area contributed by atoms with Gasteiger partial charge < -0.3 is 4.74 Å². The van der Waals surface area contributed by atoms with Crippen LogP contribution < -0.4 is 11.3 Å². The van der Waals surface area contributed by atoms with Crippen molar-refractivity contribution in [2.75, 3.05) is 6.61 Å². The van der Waals surface area contributed by atoms with Crippen molar-refractivity contribution in [3.8, 4) is 0 Å². The van der Waals surface area contributed by atoms with Crippen LogP contribution in [-0.4, -0.2) is 6.61 Å². The van der Waals surface area contributed by atoms with Gasteiger partial charge in [-0.15, -0.1) is 0 Å². The molecule has 1 atom stereocenters. The van der Waals surface area contributed by atoms with Crippen molar-refractivity contribution >= 4 is 27.5 Å². The van der Waals surface area contributed by atoms with Crippen LogP contribution in [0.15, 0.2) is 34.5 Å². The summed E-state index contributed by atoms with van der Waals surface area (Å²) in [5.74, 6) is 5.64. The first-order valence-electron chi connectivity index (χ1n) is 5.44. The number of benzene rings is 1. The van der Waals surface area contributed by atoms with E-state index in [2.05, 4.69) is 21.4 Å². The largest absolute Gasteiger partial charge is 0.501 e. The lowest BCUT2D eigenvalue weighted by Gasteiger charge is -2.24. The highest BCUT2D eigenvalue weighted by molar-refractivity contribution is 9.10. The predicted octanol–water partition coefficient (Wildman–Crippen LogP) is 3.30. The topological polar surface area (TPSA) is 47.3 Å². The molecule has 1 aromatic carbocycles. The second-order valence-corrected chi connectivity index (χ2v) is 5.22. The zero-order valence-corrected chi connectivity index (χ0v) is 11.6. The third-order valence-electron chi connectivity index (χ3n) is 2.77. The van der Waals surface area contributed by atoms with Crippen molar-refractivity contribution < 1.29 is 4.74 Å². The van der Waals surface area contributed by atoms with E-state index in [1.54, 1.807) is 6.26 Å². The van der Waals surface area contributed by atoms with Gasteiger partial charge in [-0.3, -0.25) is 5.84 Å². The van der Waals surface area contributed by atoms with Gasteiger partial charge in [0, 0.05) is 9.50 Å². The molecule has 0 aliphatic carbocycles. The molecule has 5 heteroatoms. The fraction of sp³-hybridized carbons (Fsp3) is 0.333. The van der Waals surface area contributed by atoms with E-state index >= 15 is 0 Å². The van der Waals surface area contributed by atoms with Gasteiger partial charge in [0.25, 0.3) is 0 Å². The quantitative estimate of drug-likeness (QED) is 0.664. The maximum absolute atomic E-state index is 6.02. The molecule has 0 radical (unpaired) electrons. The lowest BCUT2D eigenvalue weighted by Crippen LogP contribution is -2.30. The molecule has 0 fully saturated rings. The Morgan fingerprint density at radius 3 is 2.94 bits per heavy atom. The molecule has 0 saturated heterocycles. The summed E-state index contributed by atoms with van der Waals surface area (Å²) in [7, 11) is 0. The molecule has 0 spiro atoms. The molecule has 3 nitrogen and oxygen atoms in total. The van der Waals surface area contributed by atoms with E-state index in [9.17, 15) is 0 Å². The molecule has 2 rings (SSSR count). The molecule has 1 heterocycles. The van der Waals surface area contributed by atoms with Crippen LogP contribution in [0.5, 0.6) is 0 Å². The van der Waals surface area contributed by atoms with Crippen molar-refractivity contribution in [3.63, 3.8) is 0 Å². The molecular weight excluding hydrogens is 304 g/mol. The van der Waals surface area contributed by atoms with Gasteiger partial charge >= 0.3 is 0 Å². The summed E-state index contributed by atoms with van der Waals surface area (Å²) in [6.45, 7) is 0.775. The van der Waals surface area contributed by atoms with Crippen LogP contribution in [0.1, 0.15) is 24.4 Å². The highest BCUT2D eigenvalue weighted by Crippen LogP contribution is 2.33. The third-order valence-corrected chi connectivity index (χ3v) is 3.73. The lowest BCUT2D eigenvalue weighted by atomic mass is 9.96. The summed E-state index contributed by atoms with van der Waals surface area (Å²) >= 11 is 9.53. The Hall–Kier alpha value is -0.550. The summed E-state index contributed by atoms with van der Waals surface area (Å²) < 4.78 is 6.33. The summed E-state index contributed by atoms with van der Waals surface area (Å²) in [6, 6.07) is 5.61. The number of ether oxygens (including phenoxy) is 1. The van der Waals surface area contributed by atoms with Gasteiger partial charge in [-0.05, 0) is 42.2 Å². The van der Waals surface area contributed by atoms with Crippen LogP contribution in [0.25, 0.3) is 0 Å². The molecule has 92 valence electrons. The Balaban J connectivity index is 2.34. The van der Waals surface area contributed by atoms with Gasteiger partial charge in [0.2, 0.25) is 0 Å². The van der Waals surface area contributed by atoms with Crippen LogP contribution in [0, 0.1) is 0 Å². The van der Waals surface area contributed by atoms with Crippen LogP contribution in [-0.2, 0) is 4.74 Å².